The summed E-state index contributed by atoms with van der Waals surface area (Å²) < 4.78 is 0. The van der Waals surface area contributed by atoms with E-state index >= 15 is 0 Å². The predicted octanol–water partition coefficient (Wildman–Crippen LogP) is 3.23. The Balaban J connectivity index is 2.00. The number of carbonyl (C=O) groups excluding carboxylic acids is 1. The monoisotopic (exact) mass is 334 g/mol. The fourth-order valence-corrected chi connectivity index (χ4v) is 3.08. The highest BCUT2D eigenvalue weighted by Gasteiger charge is 2.13. The number of nitrogens with one attached hydrogen (secondary N) is 1. The number of rotatable bonds is 6. The summed E-state index contributed by atoms with van der Waals surface area (Å²) in [7, 11) is 0. The van der Waals surface area contributed by atoms with Crippen molar-refractivity contribution in [2.45, 2.75) is 9.92 Å². The molecule has 2 aromatic rings. The topological polar surface area (TPSA) is 79.3 Å². The van der Waals surface area contributed by atoms with Crippen LogP contribution in [-0.4, -0.2) is 34.0 Å². The zero-order valence-corrected chi connectivity index (χ0v) is 13.4. The second-order valence-corrected chi connectivity index (χ2v) is 6.01. The first-order valence-electron chi connectivity index (χ1n) is 6.36. The van der Waals surface area contributed by atoms with Gasteiger partial charge in [0.2, 0.25) is 5.91 Å². The van der Waals surface area contributed by atoms with Crippen LogP contribution in [0.1, 0.15) is 10.4 Å². The molecule has 1 amide bonds. The van der Waals surface area contributed by atoms with E-state index < -0.39 is 5.97 Å². The molecule has 1 aromatic heterocycles. The molecule has 0 spiro atoms. The second kappa shape index (κ2) is 7.86. The number of carboxylic acids is 1. The van der Waals surface area contributed by atoms with Gasteiger partial charge in [0.25, 0.3) is 0 Å². The molecule has 0 aliphatic rings. The van der Waals surface area contributed by atoms with Gasteiger partial charge in [-0.05, 0) is 30.5 Å². The van der Waals surface area contributed by atoms with Gasteiger partial charge in [0.1, 0.15) is 5.03 Å². The van der Waals surface area contributed by atoms with E-state index in [0.717, 1.165) is 22.3 Å². The van der Waals surface area contributed by atoms with E-state index in [1.165, 1.54) is 12.3 Å². The lowest BCUT2D eigenvalue weighted by molar-refractivity contribution is -0.113. The molecule has 2 N–H and O–H groups in total. The second-order valence-electron chi connectivity index (χ2n) is 4.20. The Morgan fingerprint density at radius 3 is 2.73 bits per heavy atom. The van der Waals surface area contributed by atoms with Crippen molar-refractivity contribution in [1.29, 1.82) is 0 Å². The van der Waals surface area contributed by atoms with Crippen molar-refractivity contribution in [3.05, 3.63) is 48.2 Å². The van der Waals surface area contributed by atoms with Crippen LogP contribution >= 0.6 is 23.5 Å². The summed E-state index contributed by atoms with van der Waals surface area (Å²) >= 11 is 2.65. The molecule has 0 aliphatic heterocycles. The molecule has 0 atom stereocenters. The average Bonchev–Trinajstić information content (AvgIpc) is 2.53. The molecule has 1 aromatic carbocycles. The third kappa shape index (κ3) is 4.25. The highest BCUT2D eigenvalue weighted by molar-refractivity contribution is 8.00. The van der Waals surface area contributed by atoms with Crippen LogP contribution in [0.25, 0.3) is 0 Å². The lowest BCUT2D eigenvalue weighted by Gasteiger charge is -2.09. The Hall–Kier alpha value is -1.99. The molecule has 2 rings (SSSR count). The maximum Gasteiger partial charge on any atom is 0.338 e. The van der Waals surface area contributed by atoms with Gasteiger partial charge in [-0.15, -0.1) is 11.8 Å². The first-order valence-corrected chi connectivity index (χ1v) is 8.57. The van der Waals surface area contributed by atoms with E-state index in [1.54, 1.807) is 17.8 Å². The van der Waals surface area contributed by atoms with Crippen LogP contribution in [-0.2, 0) is 4.79 Å². The number of pyridine rings is 1. The Morgan fingerprint density at radius 1 is 1.23 bits per heavy atom. The number of aromatic nitrogens is 1. The first kappa shape index (κ1) is 16.4. The first-order chi connectivity index (χ1) is 10.6. The van der Waals surface area contributed by atoms with Crippen LogP contribution < -0.4 is 5.32 Å². The summed E-state index contributed by atoms with van der Waals surface area (Å²) in [5.74, 6) is -1.16. The number of nitrogens with zero attached hydrogens (tertiary/aromatic N) is 1. The molecule has 0 unspecified atom stereocenters. The van der Waals surface area contributed by atoms with E-state index in [2.05, 4.69) is 10.3 Å². The van der Waals surface area contributed by atoms with Crippen molar-refractivity contribution in [3.63, 3.8) is 0 Å². The number of carboxylic acid groups (broad SMARTS) is 1. The van der Waals surface area contributed by atoms with Crippen molar-refractivity contribution in [1.82, 2.24) is 4.98 Å². The predicted molar refractivity (Wildman–Crippen MR) is 88.8 cm³/mol. The molecular formula is C15H14N2O3S2. The van der Waals surface area contributed by atoms with Crippen LogP contribution in [0, 0.1) is 0 Å². The molecule has 22 heavy (non-hydrogen) atoms. The quantitative estimate of drug-likeness (QED) is 0.790. The minimum Gasteiger partial charge on any atom is -0.478 e. The van der Waals surface area contributed by atoms with E-state index in [4.69, 9.17) is 5.11 Å². The van der Waals surface area contributed by atoms with E-state index in [-0.39, 0.29) is 17.2 Å². The van der Waals surface area contributed by atoms with Crippen LogP contribution in [0.5, 0.6) is 0 Å². The largest absolute Gasteiger partial charge is 0.478 e. The van der Waals surface area contributed by atoms with Gasteiger partial charge in [0, 0.05) is 11.1 Å². The van der Waals surface area contributed by atoms with Crippen LogP contribution in [0.2, 0.25) is 0 Å². The zero-order valence-electron chi connectivity index (χ0n) is 11.8. The zero-order chi connectivity index (χ0) is 15.9. The summed E-state index contributed by atoms with van der Waals surface area (Å²) in [4.78, 5) is 28.1. The number of benzene rings is 1. The van der Waals surface area contributed by atoms with Gasteiger partial charge in [0.05, 0.1) is 17.0 Å². The SMILES string of the molecule is CSc1ccccc1NC(=O)CSc1ncccc1C(=O)O. The summed E-state index contributed by atoms with van der Waals surface area (Å²) in [6, 6.07) is 10.5. The summed E-state index contributed by atoms with van der Waals surface area (Å²) in [6.45, 7) is 0. The lowest BCUT2D eigenvalue weighted by Crippen LogP contribution is -2.15. The average molecular weight is 334 g/mol. The normalized spacial score (nSPS) is 10.2. The number of hydrogen-bond acceptors (Lipinski definition) is 5. The van der Waals surface area contributed by atoms with Gasteiger partial charge in [-0.1, -0.05) is 23.9 Å². The number of amides is 1. The van der Waals surface area contributed by atoms with Crippen molar-refractivity contribution < 1.29 is 14.7 Å². The number of anilines is 1. The maximum atomic E-state index is 12.0. The third-order valence-corrected chi connectivity index (χ3v) is 4.52. The van der Waals surface area contributed by atoms with Gasteiger partial charge in [-0.25, -0.2) is 9.78 Å². The maximum absolute atomic E-state index is 12.0. The van der Waals surface area contributed by atoms with Gasteiger partial charge in [-0.2, -0.15) is 0 Å². The fraction of sp³-hybridized carbons (Fsp3) is 0.133. The minimum absolute atomic E-state index is 0.0972. The molecule has 0 saturated heterocycles. The highest BCUT2D eigenvalue weighted by atomic mass is 32.2. The molecule has 5 nitrogen and oxygen atoms in total. The van der Waals surface area contributed by atoms with Crippen LogP contribution in [0.4, 0.5) is 5.69 Å². The number of para-hydroxylation sites is 1. The summed E-state index contributed by atoms with van der Waals surface area (Å²) in [5.41, 5.74) is 0.852. The summed E-state index contributed by atoms with van der Waals surface area (Å²) in [6.07, 6.45) is 3.45. The number of hydrogen-bond donors (Lipinski definition) is 2. The summed E-state index contributed by atoms with van der Waals surface area (Å²) in [5, 5.41) is 12.2. The van der Waals surface area contributed by atoms with Crippen molar-refractivity contribution in [3.8, 4) is 0 Å². The fourth-order valence-electron chi connectivity index (χ4n) is 1.74. The standard InChI is InChI=1S/C15H14N2O3S2/c1-21-12-7-3-2-6-11(12)17-13(18)9-22-14-10(15(19)20)5-4-8-16-14/h2-8H,9H2,1H3,(H,17,18)(H,19,20). The van der Waals surface area contributed by atoms with E-state index in [1.807, 2.05) is 30.5 Å². The molecular weight excluding hydrogens is 320 g/mol. The van der Waals surface area contributed by atoms with Gasteiger partial charge >= 0.3 is 5.97 Å². The van der Waals surface area contributed by atoms with Gasteiger partial charge < -0.3 is 10.4 Å². The Kier molecular flexibility index (Phi) is 5.85. The molecule has 114 valence electrons. The van der Waals surface area contributed by atoms with Crippen molar-refractivity contribution in [2.75, 3.05) is 17.3 Å². The molecule has 7 heteroatoms. The van der Waals surface area contributed by atoms with Crippen LogP contribution in [0.3, 0.4) is 0 Å². The molecule has 0 fully saturated rings. The van der Waals surface area contributed by atoms with Gasteiger partial charge in [-0.3, -0.25) is 4.79 Å². The smallest absolute Gasteiger partial charge is 0.338 e. The number of thioether (sulfide) groups is 2. The van der Waals surface area contributed by atoms with Crippen LogP contribution in [0.15, 0.2) is 52.5 Å². The van der Waals surface area contributed by atoms with E-state index in [0.29, 0.717) is 5.03 Å². The molecule has 0 saturated carbocycles. The Labute approximate surface area is 136 Å². The van der Waals surface area contributed by atoms with Crippen molar-refractivity contribution >= 4 is 41.1 Å². The highest BCUT2D eigenvalue weighted by Crippen LogP contribution is 2.25. The molecule has 0 bridgehead atoms. The molecule has 1 heterocycles. The van der Waals surface area contributed by atoms with E-state index in [9.17, 15) is 9.59 Å². The van der Waals surface area contributed by atoms with Crippen molar-refractivity contribution in [2.24, 2.45) is 0 Å². The Bertz CT molecular complexity index is 692. The lowest BCUT2D eigenvalue weighted by atomic mass is 10.3. The molecule has 0 aliphatic carbocycles. The number of carbonyl (C=O) groups is 2. The van der Waals surface area contributed by atoms with Gasteiger partial charge in [0.15, 0.2) is 0 Å². The molecule has 0 radical (unpaired) electrons. The number of aromatic carboxylic acids is 1. The Morgan fingerprint density at radius 2 is 2.00 bits per heavy atom. The third-order valence-electron chi connectivity index (χ3n) is 2.72. The minimum atomic E-state index is -1.05.